The van der Waals surface area contributed by atoms with Crippen molar-refractivity contribution in [2.24, 2.45) is 5.92 Å². The molecule has 0 radical (unpaired) electrons. The minimum Gasteiger partial charge on any atom is -0.463 e. The number of hydrogen-bond donors (Lipinski definition) is 0. The van der Waals surface area contributed by atoms with Gasteiger partial charge in [0.15, 0.2) is 0 Å². The van der Waals surface area contributed by atoms with Crippen molar-refractivity contribution in [2.75, 3.05) is 51.8 Å². The topological polar surface area (TPSA) is 59.1 Å². The van der Waals surface area contributed by atoms with Gasteiger partial charge in [-0.15, -0.1) is 11.6 Å². The first-order chi connectivity index (χ1) is 9.52. The largest absolute Gasteiger partial charge is 0.463 e. The van der Waals surface area contributed by atoms with E-state index in [1.807, 2.05) is 13.8 Å². The number of rotatable bonds is 6. The molecule has 116 valence electrons. The number of ether oxygens (including phenoxy) is 2. The Morgan fingerprint density at radius 2 is 1.80 bits per heavy atom. The van der Waals surface area contributed by atoms with E-state index in [2.05, 4.69) is 4.90 Å². The van der Waals surface area contributed by atoms with E-state index < -0.39 is 5.97 Å². The molecule has 0 aliphatic carbocycles. The van der Waals surface area contributed by atoms with Gasteiger partial charge < -0.3 is 14.4 Å². The number of esters is 1. The summed E-state index contributed by atoms with van der Waals surface area (Å²) >= 11 is 5.33. The van der Waals surface area contributed by atoms with E-state index in [0.717, 1.165) is 13.1 Å². The fourth-order valence-electron chi connectivity index (χ4n) is 1.81. The highest BCUT2D eigenvalue weighted by Crippen LogP contribution is 2.05. The van der Waals surface area contributed by atoms with Crippen molar-refractivity contribution >= 4 is 23.7 Å². The fraction of sp³-hybridized carbons (Fsp3) is 0.846. The summed E-state index contributed by atoms with van der Waals surface area (Å²) in [5, 5.41) is 0. The van der Waals surface area contributed by atoms with Crippen LogP contribution in [0.5, 0.6) is 0 Å². The fourth-order valence-corrected chi connectivity index (χ4v) is 1.89. The van der Waals surface area contributed by atoms with Crippen LogP contribution >= 0.6 is 11.6 Å². The van der Waals surface area contributed by atoms with Gasteiger partial charge in [-0.05, 0) is 5.92 Å². The van der Waals surface area contributed by atoms with Crippen LogP contribution in [0.15, 0.2) is 0 Å². The van der Waals surface area contributed by atoms with Gasteiger partial charge in [0, 0.05) is 32.7 Å². The van der Waals surface area contributed by atoms with Gasteiger partial charge in [-0.2, -0.15) is 0 Å². The average molecular weight is 307 g/mol. The molecule has 0 aromatic carbocycles. The van der Waals surface area contributed by atoms with Gasteiger partial charge in [-0.1, -0.05) is 13.8 Å². The number of piperazine rings is 1. The van der Waals surface area contributed by atoms with Gasteiger partial charge in [0.1, 0.15) is 12.5 Å². The molecule has 1 fully saturated rings. The van der Waals surface area contributed by atoms with Crippen LogP contribution in [0.3, 0.4) is 0 Å². The average Bonchev–Trinajstić information content (AvgIpc) is 2.45. The normalized spacial score (nSPS) is 16.3. The third-order valence-electron chi connectivity index (χ3n) is 2.95. The molecule has 0 saturated carbocycles. The number of carbonyl (C=O) groups is 2. The van der Waals surface area contributed by atoms with Crippen molar-refractivity contribution in [2.45, 2.75) is 13.8 Å². The molecule has 7 heteroatoms. The smallest absolute Gasteiger partial charge is 0.409 e. The van der Waals surface area contributed by atoms with Gasteiger partial charge in [0.25, 0.3) is 0 Å². The minimum absolute atomic E-state index is 0.116. The highest BCUT2D eigenvalue weighted by molar-refractivity contribution is 6.26. The van der Waals surface area contributed by atoms with E-state index in [1.54, 1.807) is 4.90 Å². The molecule has 1 heterocycles. The lowest BCUT2D eigenvalue weighted by Gasteiger charge is -2.33. The van der Waals surface area contributed by atoms with Crippen LogP contribution in [0.4, 0.5) is 4.79 Å². The number of amides is 1. The van der Waals surface area contributed by atoms with Crippen LogP contribution in [-0.2, 0) is 14.3 Å². The van der Waals surface area contributed by atoms with Crippen LogP contribution < -0.4 is 0 Å². The third kappa shape index (κ3) is 6.43. The second-order valence-corrected chi connectivity index (χ2v) is 5.42. The molecule has 6 nitrogen and oxygen atoms in total. The van der Waals surface area contributed by atoms with Crippen molar-refractivity contribution in [3.63, 3.8) is 0 Å². The van der Waals surface area contributed by atoms with Crippen molar-refractivity contribution in [3.8, 4) is 0 Å². The molecule has 0 unspecified atom stereocenters. The monoisotopic (exact) mass is 306 g/mol. The number of alkyl halides is 1. The van der Waals surface area contributed by atoms with Crippen LogP contribution in [0.1, 0.15) is 13.8 Å². The molecule has 1 aliphatic heterocycles. The lowest BCUT2D eigenvalue weighted by molar-refractivity contribution is -0.141. The van der Waals surface area contributed by atoms with Crippen molar-refractivity contribution < 1.29 is 19.1 Å². The first-order valence-electron chi connectivity index (χ1n) is 6.88. The zero-order valence-electron chi connectivity index (χ0n) is 12.1. The highest BCUT2D eigenvalue weighted by Gasteiger charge is 2.22. The maximum atomic E-state index is 11.8. The van der Waals surface area contributed by atoms with Gasteiger partial charge in [0.2, 0.25) is 0 Å². The lowest BCUT2D eigenvalue weighted by Crippen LogP contribution is -2.49. The quantitative estimate of drug-likeness (QED) is 0.545. The standard InChI is InChI=1S/C13H23ClN2O4/c1-11(2)10-20-13(18)16-5-3-15(4-6-16)7-8-19-12(17)9-14/h11H,3-10H2,1-2H3. The second-order valence-electron chi connectivity index (χ2n) is 5.15. The summed E-state index contributed by atoms with van der Waals surface area (Å²) in [6.07, 6.45) is -0.244. The van der Waals surface area contributed by atoms with Crippen molar-refractivity contribution in [1.29, 1.82) is 0 Å². The highest BCUT2D eigenvalue weighted by atomic mass is 35.5. The predicted octanol–water partition coefficient (Wildman–Crippen LogP) is 1.18. The molecule has 0 N–H and O–H groups in total. The molecule has 0 aromatic rings. The molecule has 1 aliphatic rings. The molecule has 1 rings (SSSR count). The molecular weight excluding hydrogens is 284 g/mol. The Bertz CT molecular complexity index is 317. The Balaban J connectivity index is 2.16. The summed E-state index contributed by atoms with van der Waals surface area (Å²) in [4.78, 5) is 26.5. The molecule has 0 bridgehead atoms. The van der Waals surface area contributed by atoms with Crippen molar-refractivity contribution in [1.82, 2.24) is 9.80 Å². The Morgan fingerprint density at radius 3 is 2.35 bits per heavy atom. The summed E-state index contributed by atoms with van der Waals surface area (Å²) in [7, 11) is 0. The van der Waals surface area contributed by atoms with E-state index in [4.69, 9.17) is 21.1 Å². The second kappa shape index (κ2) is 9.02. The Labute approximate surface area is 124 Å². The Morgan fingerprint density at radius 1 is 1.15 bits per heavy atom. The molecular formula is C13H23ClN2O4. The number of carbonyl (C=O) groups excluding carboxylic acids is 2. The summed E-state index contributed by atoms with van der Waals surface area (Å²) in [5.41, 5.74) is 0. The molecule has 20 heavy (non-hydrogen) atoms. The van der Waals surface area contributed by atoms with Gasteiger partial charge >= 0.3 is 12.1 Å². The summed E-state index contributed by atoms with van der Waals surface area (Å²) in [6.45, 7) is 8.26. The van der Waals surface area contributed by atoms with E-state index in [1.165, 1.54) is 0 Å². The minimum atomic E-state index is -0.400. The first kappa shape index (κ1) is 17.0. The Kier molecular flexibility index (Phi) is 7.69. The van der Waals surface area contributed by atoms with Gasteiger partial charge in [0.05, 0.1) is 6.61 Å². The van der Waals surface area contributed by atoms with Crippen LogP contribution in [-0.4, -0.2) is 73.7 Å². The molecule has 0 atom stereocenters. The van der Waals surface area contributed by atoms with Gasteiger partial charge in [-0.3, -0.25) is 9.69 Å². The predicted molar refractivity (Wildman–Crippen MR) is 75.9 cm³/mol. The zero-order valence-corrected chi connectivity index (χ0v) is 12.9. The molecule has 0 spiro atoms. The summed E-state index contributed by atoms with van der Waals surface area (Å²) in [6, 6.07) is 0. The van der Waals surface area contributed by atoms with Crippen LogP contribution in [0.25, 0.3) is 0 Å². The van der Waals surface area contributed by atoms with Crippen molar-refractivity contribution in [3.05, 3.63) is 0 Å². The number of halogens is 1. The Hall–Kier alpha value is -1.01. The first-order valence-corrected chi connectivity index (χ1v) is 7.42. The van der Waals surface area contributed by atoms with E-state index >= 15 is 0 Å². The lowest BCUT2D eigenvalue weighted by atomic mass is 10.2. The zero-order chi connectivity index (χ0) is 15.0. The van der Waals surface area contributed by atoms with E-state index in [9.17, 15) is 9.59 Å². The maximum Gasteiger partial charge on any atom is 0.409 e. The van der Waals surface area contributed by atoms with E-state index in [0.29, 0.717) is 38.8 Å². The number of hydrogen-bond acceptors (Lipinski definition) is 5. The molecule has 0 aromatic heterocycles. The summed E-state index contributed by atoms with van der Waals surface area (Å²) in [5.74, 6) is -0.172. The third-order valence-corrected chi connectivity index (χ3v) is 3.17. The van der Waals surface area contributed by atoms with Crippen LogP contribution in [0.2, 0.25) is 0 Å². The summed E-state index contributed by atoms with van der Waals surface area (Å²) < 4.78 is 10.1. The van der Waals surface area contributed by atoms with E-state index in [-0.39, 0.29) is 12.0 Å². The SMILES string of the molecule is CC(C)COC(=O)N1CCN(CCOC(=O)CCl)CC1. The maximum absolute atomic E-state index is 11.8. The van der Waals surface area contributed by atoms with Gasteiger partial charge in [-0.25, -0.2) is 4.79 Å². The molecule has 1 saturated heterocycles. The number of nitrogens with zero attached hydrogens (tertiary/aromatic N) is 2. The van der Waals surface area contributed by atoms with Crippen LogP contribution in [0, 0.1) is 5.92 Å². The molecule has 1 amide bonds.